The number of nitrogens with zero attached hydrogens (tertiary/aromatic N) is 1. The average Bonchev–Trinajstić information content (AvgIpc) is 2.53. The number of benzene rings is 1. The number of fused-ring (bicyclic) bond motifs is 1. The summed E-state index contributed by atoms with van der Waals surface area (Å²) in [5.74, 6) is 0. The topological polar surface area (TPSA) is 24.9 Å². The van der Waals surface area contributed by atoms with E-state index in [1.165, 1.54) is 62.4 Å². The molecule has 114 valence electrons. The minimum absolute atomic E-state index is 1.06. The molecule has 0 aliphatic carbocycles. The van der Waals surface area contributed by atoms with Gasteiger partial charge in [-0.25, -0.2) is 0 Å². The second kappa shape index (κ2) is 9.38. The average molecular weight is 284 g/mol. The van der Waals surface area contributed by atoms with Crippen LogP contribution in [0.5, 0.6) is 0 Å². The second-order valence-electron chi connectivity index (χ2n) is 5.81. The van der Waals surface area contributed by atoms with E-state index in [9.17, 15) is 0 Å². The summed E-state index contributed by atoms with van der Waals surface area (Å²) in [6.07, 6.45) is 12.8. The highest BCUT2D eigenvalue weighted by molar-refractivity contribution is 5.82. The first-order valence-corrected chi connectivity index (χ1v) is 8.49. The van der Waals surface area contributed by atoms with Gasteiger partial charge in [-0.2, -0.15) is 0 Å². The van der Waals surface area contributed by atoms with Crippen LogP contribution in [-0.2, 0) is 0 Å². The van der Waals surface area contributed by atoms with Crippen LogP contribution in [0.25, 0.3) is 10.9 Å². The maximum atomic E-state index is 4.35. The van der Waals surface area contributed by atoms with Gasteiger partial charge in [-0.05, 0) is 30.7 Å². The summed E-state index contributed by atoms with van der Waals surface area (Å²) < 4.78 is 0. The molecular weight excluding hydrogens is 256 g/mol. The first kappa shape index (κ1) is 15.8. The third kappa shape index (κ3) is 5.74. The van der Waals surface area contributed by atoms with Gasteiger partial charge >= 0.3 is 0 Å². The van der Waals surface area contributed by atoms with Crippen molar-refractivity contribution < 1.29 is 0 Å². The molecule has 0 radical (unpaired) electrons. The van der Waals surface area contributed by atoms with Crippen molar-refractivity contribution in [2.24, 2.45) is 0 Å². The van der Waals surface area contributed by atoms with Gasteiger partial charge in [0, 0.05) is 23.8 Å². The highest BCUT2D eigenvalue weighted by Crippen LogP contribution is 2.17. The molecule has 0 atom stereocenters. The number of nitrogens with one attached hydrogen (secondary N) is 1. The van der Waals surface area contributed by atoms with E-state index in [1.54, 1.807) is 0 Å². The van der Waals surface area contributed by atoms with E-state index in [2.05, 4.69) is 41.5 Å². The van der Waals surface area contributed by atoms with Gasteiger partial charge in [-0.3, -0.25) is 4.98 Å². The molecule has 2 rings (SSSR count). The molecule has 1 aromatic carbocycles. The molecule has 2 aromatic rings. The molecule has 1 aromatic heterocycles. The monoisotopic (exact) mass is 284 g/mol. The molecule has 0 amide bonds. The molecule has 2 heteroatoms. The zero-order chi connectivity index (χ0) is 14.8. The molecule has 0 saturated carbocycles. The summed E-state index contributed by atoms with van der Waals surface area (Å²) >= 11 is 0. The van der Waals surface area contributed by atoms with Crippen LogP contribution in [0.15, 0.2) is 36.5 Å². The van der Waals surface area contributed by atoms with Gasteiger partial charge in [-0.15, -0.1) is 0 Å². The lowest BCUT2D eigenvalue weighted by molar-refractivity contribution is 0.581. The van der Waals surface area contributed by atoms with Gasteiger partial charge in [0.25, 0.3) is 0 Å². The van der Waals surface area contributed by atoms with Gasteiger partial charge in [-0.1, -0.05) is 57.9 Å². The summed E-state index contributed by atoms with van der Waals surface area (Å²) in [7, 11) is 0. The van der Waals surface area contributed by atoms with E-state index >= 15 is 0 Å². The summed E-state index contributed by atoms with van der Waals surface area (Å²) in [5, 5.41) is 4.73. The minimum Gasteiger partial charge on any atom is -0.385 e. The molecule has 0 bridgehead atoms. The van der Waals surface area contributed by atoms with Crippen LogP contribution in [-0.4, -0.2) is 11.5 Å². The maximum absolute atomic E-state index is 4.35. The third-order valence-electron chi connectivity index (χ3n) is 3.96. The number of anilines is 1. The highest BCUT2D eigenvalue weighted by atomic mass is 14.9. The molecule has 0 saturated heterocycles. The van der Waals surface area contributed by atoms with Crippen LogP contribution in [0.2, 0.25) is 0 Å². The highest BCUT2D eigenvalue weighted by Gasteiger charge is 1.96. The van der Waals surface area contributed by atoms with Gasteiger partial charge < -0.3 is 5.32 Å². The van der Waals surface area contributed by atoms with Crippen molar-refractivity contribution in [2.45, 2.75) is 58.3 Å². The van der Waals surface area contributed by atoms with E-state index in [0.717, 1.165) is 12.1 Å². The van der Waals surface area contributed by atoms with E-state index in [4.69, 9.17) is 0 Å². The summed E-state index contributed by atoms with van der Waals surface area (Å²) in [4.78, 5) is 4.35. The zero-order valence-electron chi connectivity index (χ0n) is 13.3. The standard InChI is InChI=1S/C19H28N2/c1-2-3-4-5-6-7-8-9-14-20-18-12-13-19-17(16-18)11-10-15-21-19/h10-13,15-16,20H,2-9,14H2,1H3. The quantitative estimate of drug-likeness (QED) is 0.559. The molecule has 21 heavy (non-hydrogen) atoms. The van der Waals surface area contributed by atoms with E-state index in [0.29, 0.717) is 0 Å². The Morgan fingerprint density at radius 3 is 2.48 bits per heavy atom. The SMILES string of the molecule is CCCCCCCCCCNc1ccc2ncccc2c1. The Morgan fingerprint density at radius 2 is 1.67 bits per heavy atom. The molecular formula is C19H28N2. The molecule has 2 nitrogen and oxygen atoms in total. The number of rotatable bonds is 10. The Labute approximate surface area is 129 Å². The summed E-state index contributed by atoms with van der Waals surface area (Å²) in [6, 6.07) is 10.5. The van der Waals surface area contributed by atoms with Crippen molar-refractivity contribution in [2.75, 3.05) is 11.9 Å². The lowest BCUT2D eigenvalue weighted by Gasteiger charge is -2.07. The molecule has 0 aliphatic heterocycles. The Morgan fingerprint density at radius 1 is 0.905 bits per heavy atom. The van der Waals surface area contributed by atoms with Crippen molar-refractivity contribution in [1.82, 2.24) is 4.98 Å². The first-order valence-electron chi connectivity index (χ1n) is 8.49. The fourth-order valence-electron chi connectivity index (χ4n) is 2.68. The zero-order valence-corrected chi connectivity index (χ0v) is 13.3. The fraction of sp³-hybridized carbons (Fsp3) is 0.526. The van der Waals surface area contributed by atoms with Crippen LogP contribution < -0.4 is 5.32 Å². The fourth-order valence-corrected chi connectivity index (χ4v) is 2.68. The summed E-state index contributed by atoms with van der Waals surface area (Å²) in [5.41, 5.74) is 2.27. The Kier molecular flexibility index (Phi) is 7.06. The Balaban J connectivity index is 1.59. The molecule has 0 unspecified atom stereocenters. The van der Waals surface area contributed by atoms with Crippen molar-refractivity contribution in [1.29, 1.82) is 0 Å². The van der Waals surface area contributed by atoms with Gasteiger partial charge in [0.05, 0.1) is 5.52 Å². The van der Waals surface area contributed by atoms with Gasteiger partial charge in [0.15, 0.2) is 0 Å². The number of hydrogen-bond donors (Lipinski definition) is 1. The van der Waals surface area contributed by atoms with Crippen LogP contribution >= 0.6 is 0 Å². The van der Waals surface area contributed by atoms with E-state index in [1.807, 2.05) is 12.3 Å². The number of unbranched alkanes of at least 4 members (excludes halogenated alkanes) is 7. The number of pyridine rings is 1. The van der Waals surface area contributed by atoms with Crippen LogP contribution in [0.1, 0.15) is 58.3 Å². The summed E-state index contributed by atoms with van der Waals surface area (Å²) in [6.45, 7) is 3.34. The van der Waals surface area contributed by atoms with Crippen molar-refractivity contribution in [3.8, 4) is 0 Å². The Hall–Kier alpha value is -1.57. The van der Waals surface area contributed by atoms with Gasteiger partial charge in [0.2, 0.25) is 0 Å². The second-order valence-corrected chi connectivity index (χ2v) is 5.81. The smallest absolute Gasteiger partial charge is 0.0703 e. The molecule has 0 aliphatic rings. The lowest BCUT2D eigenvalue weighted by Crippen LogP contribution is -2.01. The molecule has 1 N–H and O–H groups in total. The van der Waals surface area contributed by atoms with Crippen molar-refractivity contribution in [3.63, 3.8) is 0 Å². The van der Waals surface area contributed by atoms with Crippen LogP contribution in [0.3, 0.4) is 0 Å². The third-order valence-corrected chi connectivity index (χ3v) is 3.96. The van der Waals surface area contributed by atoms with Crippen molar-refractivity contribution >= 4 is 16.6 Å². The first-order chi connectivity index (χ1) is 10.4. The minimum atomic E-state index is 1.06. The Bertz CT molecular complexity index is 522. The maximum Gasteiger partial charge on any atom is 0.0703 e. The number of hydrogen-bond acceptors (Lipinski definition) is 2. The lowest BCUT2D eigenvalue weighted by atomic mass is 10.1. The van der Waals surface area contributed by atoms with E-state index < -0.39 is 0 Å². The predicted molar refractivity (Wildman–Crippen MR) is 92.8 cm³/mol. The number of aromatic nitrogens is 1. The van der Waals surface area contributed by atoms with Crippen LogP contribution in [0, 0.1) is 0 Å². The van der Waals surface area contributed by atoms with Crippen LogP contribution in [0.4, 0.5) is 5.69 Å². The predicted octanol–water partition coefficient (Wildman–Crippen LogP) is 5.79. The largest absolute Gasteiger partial charge is 0.385 e. The molecule has 0 fully saturated rings. The van der Waals surface area contributed by atoms with E-state index in [-0.39, 0.29) is 0 Å². The van der Waals surface area contributed by atoms with Crippen molar-refractivity contribution in [3.05, 3.63) is 36.5 Å². The molecule has 1 heterocycles. The molecule has 0 spiro atoms. The van der Waals surface area contributed by atoms with Gasteiger partial charge in [0.1, 0.15) is 0 Å². The normalized spacial score (nSPS) is 10.9.